The van der Waals surface area contributed by atoms with E-state index in [-0.39, 0.29) is 12.5 Å². The van der Waals surface area contributed by atoms with Gasteiger partial charge in [-0.1, -0.05) is 45.0 Å². The highest BCUT2D eigenvalue weighted by Crippen LogP contribution is 2.26. The smallest absolute Gasteiger partial charge is 0.262 e. The summed E-state index contributed by atoms with van der Waals surface area (Å²) in [7, 11) is 0. The van der Waals surface area contributed by atoms with Gasteiger partial charge in [-0.2, -0.15) is 0 Å². The van der Waals surface area contributed by atoms with Gasteiger partial charge in [0.15, 0.2) is 18.1 Å². The summed E-state index contributed by atoms with van der Waals surface area (Å²) in [4.78, 5) is 12.1. The summed E-state index contributed by atoms with van der Waals surface area (Å²) in [5.41, 5.74) is 1.97. The predicted octanol–water partition coefficient (Wildman–Crippen LogP) is 4.62. The quantitative estimate of drug-likeness (QED) is 0.770. The van der Waals surface area contributed by atoms with Gasteiger partial charge in [-0.25, -0.2) is 0 Å². The number of anilines is 1. The minimum atomic E-state index is -0.193. The summed E-state index contributed by atoms with van der Waals surface area (Å²) in [6, 6.07) is 15.3. The van der Waals surface area contributed by atoms with Gasteiger partial charge in [0.1, 0.15) is 0 Å². The first-order chi connectivity index (χ1) is 11.6. The summed E-state index contributed by atoms with van der Waals surface area (Å²) >= 11 is 0. The molecule has 4 nitrogen and oxygen atoms in total. The van der Waals surface area contributed by atoms with Crippen molar-refractivity contribution in [3.8, 4) is 11.5 Å². The van der Waals surface area contributed by atoms with Gasteiger partial charge in [0.2, 0.25) is 0 Å². The van der Waals surface area contributed by atoms with Crippen molar-refractivity contribution < 1.29 is 14.3 Å². The third kappa shape index (κ3) is 5.30. The predicted molar refractivity (Wildman–Crippen MR) is 96.9 cm³/mol. The largest absolute Gasteiger partial charge is 0.490 e. The van der Waals surface area contributed by atoms with Crippen LogP contribution in [-0.2, 0) is 4.79 Å². The standard InChI is InChI=1S/C20H25NO3/c1-4-12-23-18-10-5-6-11-19(18)24-14-20(22)21-17-9-7-8-16(13-17)15(2)3/h5-11,13,15H,4,12,14H2,1-3H3,(H,21,22). The van der Waals surface area contributed by atoms with Crippen molar-refractivity contribution in [1.29, 1.82) is 0 Å². The molecule has 0 aromatic heterocycles. The molecule has 0 fully saturated rings. The van der Waals surface area contributed by atoms with E-state index in [2.05, 4.69) is 25.2 Å². The summed E-state index contributed by atoms with van der Waals surface area (Å²) in [6.07, 6.45) is 0.918. The van der Waals surface area contributed by atoms with E-state index >= 15 is 0 Å². The second-order valence-corrected chi connectivity index (χ2v) is 5.91. The topological polar surface area (TPSA) is 47.6 Å². The van der Waals surface area contributed by atoms with Crippen LogP contribution in [0.15, 0.2) is 48.5 Å². The summed E-state index contributed by atoms with van der Waals surface area (Å²) in [5.74, 6) is 1.47. The highest BCUT2D eigenvalue weighted by Gasteiger charge is 2.08. The maximum absolute atomic E-state index is 12.1. The molecule has 128 valence electrons. The lowest BCUT2D eigenvalue weighted by atomic mass is 10.0. The van der Waals surface area contributed by atoms with Crippen LogP contribution in [0.25, 0.3) is 0 Å². The van der Waals surface area contributed by atoms with E-state index in [0.717, 1.165) is 12.1 Å². The molecule has 0 spiro atoms. The van der Waals surface area contributed by atoms with Crippen molar-refractivity contribution in [2.24, 2.45) is 0 Å². The molecule has 2 rings (SSSR count). The molecular weight excluding hydrogens is 302 g/mol. The van der Waals surface area contributed by atoms with Crippen molar-refractivity contribution in [2.45, 2.75) is 33.1 Å². The molecule has 0 saturated carbocycles. The Morgan fingerprint density at radius 3 is 2.42 bits per heavy atom. The van der Waals surface area contributed by atoms with Gasteiger partial charge in [0.05, 0.1) is 6.61 Å². The van der Waals surface area contributed by atoms with Crippen LogP contribution in [0.1, 0.15) is 38.7 Å². The molecule has 0 heterocycles. The molecule has 2 aromatic rings. The van der Waals surface area contributed by atoms with E-state index in [9.17, 15) is 4.79 Å². The first-order valence-electron chi connectivity index (χ1n) is 8.34. The summed E-state index contributed by atoms with van der Waals surface area (Å²) in [6.45, 7) is 6.85. The summed E-state index contributed by atoms with van der Waals surface area (Å²) in [5, 5.41) is 2.87. The molecule has 0 bridgehead atoms. The first kappa shape index (κ1) is 17.9. The van der Waals surface area contributed by atoms with Crippen LogP contribution in [0, 0.1) is 0 Å². The molecule has 0 radical (unpaired) electrons. The maximum atomic E-state index is 12.1. The average molecular weight is 327 g/mol. The van der Waals surface area contributed by atoms with Crippen LogP contribution in [0.2, 0.25) is 0 Å². The van der Waals surface area contributed by atoms with Gasteiger partial charge >= 0.3 is 0 Å². The van der Waals surface area contributed by atoms with Crippen LogP contribution in [0.4, 0.5) is 5.69 Å². The molecule has 0 aliphatic rings. The SMILES string of the molecule is CCCOc1ccccc1OCC(=O)Nc1cccc(C(C)C)c1. The minimum absolute atomic E-state index is 0.0571. The highest BCUT2D eigenvalue weighted by molar-refractivity contribution is 5.92. The third-order valence-electron chi connectivity index (χ3n) is 3.51. The van der Waals surface area contributed by atoms with Crippen molar-refractivity contribution >= 4 is 11.6 Å². The second kappa shape index (κ2) is 8.96. The number of hydrogen-bond acceptors (Lipinski definition) is 3. The fraction of sp³-hybridized carbons (Fsp3) is 0.350. The number of benzene rings is 2. The Kier molecular flexibility index (Phi) is 6.67. The van der Waals surface area contributed by atoms with E-state index in [1.54, 1.807) is 6.07 Å². The van der Waals surface area contributed by atoms with Crippen LogP contribution < -0.4 is 14.8 Å². The first-order valence-corrected chi connectivity index (χ1v) is 8.34. The van der Waals surface area contributed by atoms with E-state index < -0.39 is 0 Å². The van der Waals surface area contributed by atoms with Crippen molar-refractivity contribution in [3.63, 3.8) is 0 Å². The van der Waals surface area contributed by atoms with Gasteiger partial charge in [-0.05, 0) is 42.2 Å². The molecule has 0 unspecified atom stereocenters. The number of nitrogens with one attached hydrogen (secondary N) is 1. The third-order valence-corrected chi connectivity index (χ3v) is 3.51. The second-order valence-electron chi connectivity index (χ2n) is 5.91. The molecule has 1 N–H and O–H groups in total. The molecule has 4 heteroatoms. The van der Waals surface area contributed by atoms with E-state index in [0.29, 0.717) is 24.0 Å². The monoisotopic (exact) mass is 327 g/mol. The van der Waals surface area contributed by atoms with Gasteiger partial charge in [-0.15, -0.1) is 0 Å². The van der Waals surface area contributed by atoms with Crippen LogP contribution in [0.3, 0.4) is 0 Å². The van der Waals surface area contributed by atoms with Crippen LogP contribution >= 0.6 is 0 Å². The lowest BCUT2D eigenvalue weighted by molar-refractivity contribution is -0.118. The number of para-hydroxylation sites is 2. The van der Waals surface area contributed by atoms with Crippen molar-refractivity contribution in [3.05, 3.63) is 54.1 Å². The van der Waals surface area contributed by atoms with Gasteiger partial charge in [0, 0.05) is 5.69 Å². The number of ether oxygens (including phenoxy) is 2. The Morgan fingerprint density at radius 2 is 1.75 bits per heavy atom. The summed E-state index contributed by atoms with van der Waals surface area (Å²) < 4.78 is 11.2. The van der Waals surface area contributed by atoms with Crippen LogP contribution in [-0.4, -0.2) is 19.1 Å². The lowest BCUT2D eigenvalue weighted by Crippen LogP contribution is -2.20. The Morgan fingerprint density at radius 1 is 1.04 bits per heavy atom. The molecule has 0 atom stereocenters. The van der Waals surface area contributed by atoms with E-state index in [1.165, 1.54) is 5.56 Å². The molecule has 0 saturated heterocycles. The molecule has 2 aromatic carbocycles. The molecular formula is C20H25NO3. The van der Waals surface area contributed by atoms with Crippen molar-refractivity contribution in [1.82, 2.24) is 0 Å². The molecule has 24 heavy (non-hydrogen) atoms. The number of amides is 1. The zero-order valence-corrected chi connectivity index (χ0v) is 14.5. The number of hydrogen-bond donors (Lipinski definition) is 1. The fourth-order valence-electron chi connectivity index (χ4n) is 2.22. The van der Waals surface area contributed by atoms with E-state index in [4.69, 9.17) is 9.47 Å². The normalized spacial score (nSPS) is 10.5. The van der Waals surface area contributed by atoms with Crippen LogP contribution in [0.5, 0.6) is 11.5 Å². The Labute approximate surface area is 143 Å². The van der Waals surface area contributed by atoms with Crippen molar-refractivity contribution in [2.75, 3.05) is 18.5 Å². The Balaban J connectivity index is 1.93. The Hall–Kier alpha value is -2.49. The van der Waals surface area contributed by atoms with Gasteiger partial charge in [0.25, 0.3) is 5.91 Å². The maximum Gasteiger partial charge on any atom is 0.262 e. The molecule has 0 aliphatic heterocycles. The zero-order chi connectivity index (χ0) is 17.4. The van der Waals surface area contributed by atoms with Gasteiger partial charge in [-0.3, -0.25) is 4.79 Å². The molecule has 1 amide bonds. The number of carbonyl (C=O) groups excluding carboxylic acids is 1. The lowest BCUT2D eigenvalue weighted by Gasteiger charge is -2.13. The highest BCUT2D eigenvalue weighted by atomic mass is 16.5. The molecule has 0 aliphatic carbocycles. The Bertz CT molecular complexity index is 667. The van der Waals surface area contributed by atoms with E-state index in [1.807, 2.05) is 43.3 Å². The minimum Gasteiger partial charge on any atom is -0.490 e. The zero-order valence-electron chi connectivity index (χ0n) is 14.5. The number of rotatable bonds is 8. The number of carbonyl (C=O) groups is 1. The van der Waals surface area contributed by atoms with Gasteiger partial charge < -0.3 is 14.8 Å². The average Bonchev–Trinajstić information content (AvgIpc) is 2.59. The fourth-order valence-corrected chi connectivity index (χ4v) is 2.22.